The highest BCUT2D eigenvalue weighted by Gasteiger charge is 2.39. The van der Waals surface area contributed by atoms with E-state index in [0.717, 1.165) is 6.07 Å². The van der Waals surface area contributed by atoms with Crippen molar-refractivity contribution in [3.05, 3.63) is 42.2 Å². The molecule has 1 atom stereocenters. The number of anilines is 1. The first-order chi connectivity index (χ1) is 14.6. The van der Waals surface area contributed by atoms with Crippen LogP contribution in [0.4, 0.5) is 19.0 Å². The highest BCUT2D eigenvalue weighted by atomic mass is 19.4. The van der Waals surface area contributed by atoms with E-state index in [-0.39, 0.29) is 28.6 Å². The Morgan fingerprint density at radius 2 is 2.00 bits per heavy atom. The number of phenols is 1. The predicted molar refractivity (Wildman–Crippen MR) is 108 cm³/mol. The minimum atomic E-state index is -4.56. The van der Waals surface area contributed by atoms with E-state index in [0.29, 0.717) is 35.6 Å². The van der Waals surface area contributed by atoms with Gasteiger partial charge in [-0.05, 0) is 29.7 Å². The standard InChI is InChI=1S/C21H20F3N5O2/c1-20(2)8-17(31)27-16(20)10-26-19-14-9-25-6-5-12(14)18(28-29-19)13-4-3-11(7-15(13)30)21(22,23)24/h3-7,9,16,30H,8,10H2,1-2H3,(H,26,29)(H,27,31)/t16-/m1/s1. The number of rotatable bonds is 4. The van der Waals surface area contributed by atoms with Gasteiger partial charge in [0.15, 0.2) is 5.82 Å². The van der Waals surface area contributed by atoms with Gasteiger partial charge in [-0.25, -0.2) is 0 Å². The van der Waals surface area contributed by atoms with E-state index in [4.69, 9.17) is 0 Å². The van der Waals surface area contributed by atoms with E-state index in [1.54, 1.807) is 12.3 Å². The zero-order valence-electron chi connectivity index (χ0n) is 16.8. The van der Waals surface area contributed by atoms with E-state index in [1.165, 1.54) is 12.3 Å². The molecule has 0 spiro atoms. The first-order valence-corrected chi connectivity index (χ1v) is 9.60. The number of nitrogens with zero attached hydrogens (tertiary/aromatic N) is 3. The molecule has 0 radical (unpaired) electrons. The van der Waals surface area contributed by atoms with E-state index >= 15 is 0 Å². The maximum absolute atomic E-state index is 12.9. The highest BCUT2D eigenvalue weighted by Crippen LogP contribution is 2.38. The largest absolute Gasteiger partial charge is 0.507 e. The topological polar surface area (TPSA) is 100 Å². The van der Waals surface area contributed by atoms with Crippen LogP contribution in [0.2, 0.25) is 0 Å². The minimum absolute atomic E-state index is 0.0115. The molecule has 1 amide bonds. The van der Waals surface area contributed by atoms with Crippen molar-refractivity contribution >= 4 is 22.5 Å². The van der Waals surface area contributed by atoms with Crippen LogP contribution in [0, 0.1) is 5.41 Å². The zero-order chi connectivity index (χ0) is 22.4. The Morgan fingerprint density at radius 3 is 2.65 bits per heavy atom. The summed E-state index contributed by atoms with van der Waals surface area (Å²) >= 11 is 0. The molecule has 0 unspecified atom stereocenters. The Bertz CT molecular complexity index is 1160. The average molecular weight is 431 g/mol. The Balaban J connectivity index is 1.69. The Morgan fingerprint density at radius 1 is 1.23 bits per heavy atom. The maximum Gasteiger partial charge on any atom is 0.416 e. The molecule has 1 fully saturated rings. The Kier molecular flexibility index (Phi) is 4.95. The number of aromatic nitrogens is 3. The van der Waals surface area contributed by atoms with Crippen molar-refractivity contribution in [2.24, 2.45) is 5.41 Å². The minimum Gasteiger partial charge on any atom is -0.507 e. The number of fused-ring (bicyclic) bond motifs is 1. The summed E-state index contributed by atoms with van der Waals surface area (Å²) in [4.78, 5) is 15.9. The van der Waals surface area contributed by atoms with Crippen LogP contribution in [0.5, 0.6) is 5.75 Å². The van der Waals surface area contributed by atoms with E-state index < -0.39 is 17.5 Å². The van der Waals surface area contributed by atoms with Gasteiger partial charge in [-0.3, -0.25) is 9.78 Å². The lowest BCUT2D eigenvalue weighted by atomic mass is 9.85. The number of benzene rings is 1. The molecular weight excluding hydrogens is 411 g/mol. The number of carbonyl (C=O) groups is 1. The van der Waals surface area contributed by atoms with Gasteiger partial charge >= 0.3 is 6.18 Å². The van der Waals surface area contributed by atoms with Gasteiger partial charge in [0.1, 0.15) is 11.4 Å². The number of carbonyl (C=O) groups excluding carboxylic acids is 1. The van der Waals surface area contributed by atoms with Crippen molar-refractivity contribution in [2.75, 3.05) is 11.9 Å². The van der Waals surface area contributed by atoms with Crippen LogP contribution in [0.15, 0.2) is 36.7 Å². The smallest absolute Gasteiger partial charge is 0.416 e. The molecule has 3 N–H and O–H groups in total. The number of pyridine rings is 1. The van der Waals surface area contributed by atoms with E-state index in [9.17, 15) is 23.1 Å². The Labute approximate surface area is 175 Å². The van der Waals surface area contributed by atoms with Gasteiger partial charge in [0, 0.05) is 41.7 Å². The van der Waals surface area contributed by atoms with Gasteiger partial charge in [0.25, 0.3) is 0 Å². The average Bonchev–Trinajstić information content (AvgIpc) is 2.96. The van der Waals surface area contributed by atoms with Crippen molar-refractivity contribution < 1.29 is 23.1 Å². The van der Waals surface area contributed by atoms with Gasteiger partial charge in [-0.2, -0.15) is 13.2 Å². The zero-order valence-corrected chi connectivity index (χ0v) is 16.8. The van der Waals surface area contributed by atoms with Gasteiger partial charge in [-0.15, -0.1) is 10.2 Å². The molecule has 3 heterocycles. The molecule has 31 heavy (non-hydrogen) atoms. The first kappa shape index (κ1) is 20.8. The number of phenolic OH excluding ortho intramolecular Hbond substituents is 1. The lowest BCUT2D eigenvalue weighted by molar-refractivity contribution is -0.137. The SMILES string of the molecule is CC1(C)CC(=O)N[C@@H]1CNc1nnc(-c2ccc(C(F)(F)F)cc2O)c2ccncc12. The fourth-order valence-electron chi connectivity index (χ4n) is 3.74. The van der Waals surface area contributed by atoms with Crippen LogP contribution in [0.3, 0.4) is 0 Å². The molecule has 1 aliphatic rings. The fraction of sp³-hybridized carbons (Fsp3) is 0.333. The van der Waals surface area contributed by atoms with Crippen LogP contribution < -0.4 is 10.6 Å². The number of aromatic hydroxyl groups is 1. The van der Waals surface area contributed by atoms with Gasteiger partial charge in [0.05, 0.1) is 11.6 Å². The second-order valence-electron chi connectivity index (χ2n) is 8.21. The van der Waals surface area contributed by atoms with Crippen molar-refractivity contribution in [3.8, 4) is 17.0 Å². The van der Waals surface area contributed by atoms with Crippen molar-refractivity contribution in [2.45, 2.75) is 32.5 Å². The summed E-state index contributed by atoms with van der Waals surface area (Å²) in [6.45, 7) is 4.42. The summed E-state index contributed by atoms with van der Waals surface area (Å²) in [5.41, 5.74) is -0.805. The monoisotopic (exact) mass is 431 g/mol. The molecule has 0 bridgehead atoms. The summed E-state index contributed by atoms with van der Waals surface area (Å²) in [7, 11) is 0. The third-order valence-electron chi connectivity index (χ3n) is 5.53. The third-order valence-corrected chi connectivity index (χ3v) is 5.53. The summed E-state index contributed by atoms with van der Waals surface area (Å²) in [6, 6.07) is 4.28. The maximum atomic E-state index is 12.9. The summed E-state index contributed by atoms with van der Waals surface area (Å²) in [5, 5.41) is 25.8. The van der Waals surface area contributed by atoms with Crippen molar-refractivity contribution in [3.63, 3.8) is 0 Å². The molecule has 1 aliphatic heterocycles. The second kappa shape index (κ2) is 7.36. The molecule has 1 saturated heterocycles. The molecule has 0 saturated carbocycles. The number of hydrogen-bond donors (Lipinski definition) is 3. The molecule has 4 rings (SSSR count). The lowest BCUT2D eigenvalue weighted by Gasteiger charge is -2.26. The summed E-state index contributed by atoms with van der Waals surface area (Å²) in [5.74, 6) is -0.129. The van der Waals surface area contributed by atoms with Crippen molar-refractivity contribution in [1.82, 2.24) is 20.5 Å². The molecule has 3 aromatic rings. The van der Waals surface area contributed by atoms with E-state index in [1.807, 2.05) is 13.8 Å². The van der Waals surface area contributed by atoms with Gasteiger partial charge in [-0.1, -0.05) is 13.8 Å². The third kappa shape index (κ3) is 3.97. The van der Waals surface area contributed by atoms with Crippen LogP contribution in [0.1, 0.15) is 25.8 Å². The van der Waals surface area contributed by atoms with Gasteiger partial charge in [0.2, 0.25) is 5.91 Å². The molecule has 7 nitrogen and oxygen atoms in total. The van der Waals surface area contributed by atoms with E-state index in [2.05, 4.69) is 25.8 Å². The molecule has 0 aliphatic carbocycles. The van der Waals surface area contributed by atoms with Gasteiger partial charge < -0.3 is 15.7 Å². The Hall–Kier alpha value is -3.43. The number of alkyl halides is 3. The molecule has 162 valence electrons. The summed E-state index contributed by atoms with van der Waals surface area (Å²) in [6.07, 6.45) is -1.04. The normalized spacial score (nSPS) is 18.2. The van der Waals surface area contributed by atoms with Crippen LogP contribution >= 0.6 is 0 Å². The molecule has 10 heteroatoms. The van der Waals surface area contributed by atoms with Crippen LogP contribution in [-0.2, 0) is 11.0 Å². The number of hydrogen-bond acceptors (Lipinski definition) is 6. The number of amides is 1. The first-order valence-electron chi connectivity index (χ1n) is 9.60. The highest BCUT2D eigenvalue weighted by molar-refractivity contribution is 6.00. The predicted octanol–water partition coefficient (Wildman–Crippen LogP) is 3.74. The quantitative estimate of drug-likeness (QED) is 0.582. The number of halogens is 3. The van der Waals surface area contributed by atoms with Crippen LogP contribution in [0.25, 0.3) is 22.0 Å². The van der Waals surface area contributed by atoms with Crippen LogP contribution in [-0.4, -0.2) is 38.8 Å². The van der Waals surface area contributed by atoms with Crippen molar-refractivity contribution in [1.29, 1.82) is 0 Å². The molecule has 1 aromatic carbocycles. The summed E-state index contributed by atoms with van der Waals surface area (Å²) < 4.78 is 38.8. The molecular formula is C21H20F3N5O2. The molecule has 2 aromatic heterocycles. The second-order valence-corrected chi connectivity index (χ2v) is 8.21. The lowest BCUT2D eigenvalue weighted by Crippen LogP contribution is -2.39. The fourth-order valence-corrected chi connectivity index (χ4v) is 3.74. The number of nitrogens with one attached hydrogen (secondary N) is 2.